The minimum absolute atomic E-state index is 0.0100. The number of esters is 1. The molecule has 1 heterocycles. The summed E-state index contributed by atoms with van der Waals surface area (Å²) in [6.45, 7) is -0.581. The highest BCUT2D eigenvalue weighted by Gasteiger charge is 2.67. The lowest BCUT2D eigenvalue weighted by Gasteiger charge is -2.31. The summed E-state index contributed by atoms with van der Waals surface area (Å²) in [4.78, 5) is 67.4. The molecular formula is C31H21Br2Cl3N2O6. The van der Waals surface area contributed by atoms with Crippen LogP contribution < -0.4 is 4.74 Å². The van der Waals surface area contributed by atoms with Crippen molar-refractivity contribution in [1.82, 2.24) is 10.0 Å². The first-order chi connectivity index (χ1) is 21.0. The average molecular weight is 784 g/mol. The second-order valence-electron chi connectivity index (χ2n) is 10.8. The van der Waals surface area contributed by atoms with Crippen LogP contribution in [0.3, 0.4) is 0 Å². The normalized spacial score (nSPS) is 25.2. The molecule has 0 radical (unpaired) electrons. The molecule has 0 aromatic heterocycles. The van der Waals surface area contributed by atoms with Gasteiger partial charge in [0.1, 0.15) is 12.3 Å². The first kappa shape index (κ1) is 31.2. The Balaban J connectivity index is 1.24. The Morgan fingerprint density at radius 3 is 1.91 bits per heavy atom. The maximum Gasteiger partial charge on any atom is 0.345 e. The van der Waals surface area contributed by atoms with Gasteiger partial charge >= 0.3 is 5.97 Å². The van der Waals surface area contributed by atoms with E-state index >= 15 is 0 Å². The number of hydrazine groups is 1. The molecule has 2 saturated carbocycles. The van der Waals surface area contributed by atoms with Crippen LogP contribution in [0.25, 0.3) is 0 Å². The van der Waals surface area contributed by atoms with E-state index in [1.165, 1.54) is 66.7 Å². The van der Waals surface area contributed by atoms with E-state index in [-0.39, 0.29) is 49.0 Å². The molecule has 1 aliphatic heterocycles. The van der Waals surface area contributed by atoms with Gasteiger partial charge in [-0.15, -0.1) is 0 Å². The number of nitrogens with zero attached hydrogens (tertiary/aromatic N) is 2. The first-order valence-electron chi connectivity index (χ1n) is 13.5. The Morgan fingerprint density at radius 1 is 0.795 bits per heavy atom. The van der Waals surface area contributed by atoms with Crippen LogP contribution >= 0.6 is 66.7 Å². The molecule has 13 heteroatoms. The van der Waals surface area contributed by atoms with E-state index < -0.39 is 47.9 Å². The predicted molar refractivity (Wildman–Crippen MR) is 171 cm³/mol. The van der Waals surface area contributed by atoms with E-state index in [1.54, 1.807) is 0 Å². The van der Waals surface area contributed by atoms with Crippen LogP contribution in [0.1, 0.15) is 37.5 Å². The zero-order valence-electron chi connectivity index (χ0n) is 22.5. The summed E-state index contributed by atoms with van der Waals surface area (Å²) in [6, 6.07) is 16.0. The highest BCUT2D eigenvalue weighted by molar-refractivity contribution is 9.12. The lowest BCUT2D eigenvalue weighted by Crippen LogP contribution is -2.52. The standard InChI is InChI=1S/C31H21Br2Cl3N2O6/c32-26-20-12-21(27(26)33)25-24(20)29(41)38(30(25)42)37(28(40)15-1-5-16(34)6-2-15)13-23(39)14-3-8-18(9-4-14)44-31(43)19-10-7-17(35)11-22(19)36/h1-11,20-21,24-27H,12-13H2/t20-,21-,24-,25-,26+,27+/m1/s1. The highest BCUT2D eigenvalue weighted by Crippen LogP contribution is 2.60. The smallest absolute Gasteiger partial charge is 0.345 e. The van der Waals surface area contributed by atoms with Crippen molar-refractivity contribution in [2.75, 3.05) is 6.54 Å². The quantitative estimate of drug-likeness (QED) is 0.0852. The number of alkyl halides is 2. The van der Waals surface area contributed by atoms with Gasteiger partial charge in [-0.1, -0.05) is 66.7 Å². The van der Waals surface area contributed by atoms with Crippen LogP contribution in [0, 0.1) is 23.7 Å². The van der Waals surface area contributed by atoms with Gasteiger partial charge in [0.05, 0.1) is 22.4 Å². The summed E-state index contributed by atoms with van der Waals surface area (Å²) in [6.07, 6.45) is 0.720. The van der Waals surface area contributed by atoms with Gasteiger partial charge in [-0.05, 0) is 85.0 Å². The van der Waals surface area contributed by atoms with Crippen LogP contribution in [0.5, 0.6) is 5.75 Å². The predicted octanol–water partition coefficient (Wildman–Crippen LogP) is 6.88. The number of carbonyl (C=O) groups excluding carboxylic acids is 5. The molecule has 226 valence electrons. The van der Waals surface area contributed by atoms with E-state index in [2.05, 4.69) is 31.9 Å². The monoisotopic (exact) mass is 780 g/mol. The number of imide groups is 1. The second-order valence-corrected chi connectivity index (χ2v) is 14.2. The van der Waals surface area contributed by atoms with Crippen molar-refractivity contribution in [3.8, 4) is 5.75 Å². The number of fused-ring (bicyclic) bond motifs is 5. The molecule has 2 aliphatic carbocycles. The third-order valence-electron chi connectivity index (χ3n) is 8.36. The van der Waals surface area contributed by atoms with Crippen molar-refractivity contribution in [2.24, 2.45) is 23.7 Å². The topological polar surface area (TPSA) is 101 Å². The van der Waals surface area contributed by atoms with E-state index in [4.69, 9.17) is 39.5 Å². The third-order valence-corrected chi connectivity index (χ3v) is 12.4. The number of hydrogen-bond acceptors (Lipinski definition) is 6. The van der Waals surface area contributed by atoms with Crippen LogP contribution in [0.15, 0.2) is 66.7 Å². The Bertz CT molecular complexity index is 1670. The zero-order chi connectivity index (χ0) is 31.4. The lowest BCUT2D eigenvalue weighted by atomic mass is 9.81. The van der Waals surface area contributed by atoms with Gasteiger partial charge in [0.2, 0.25) is 0 Å². The Kier molecular flexibility index (Phi) is 8.67. The van der Waals surface area contributed by atoms with E-state index in [0.717, 1.165) is 16.4 Å². The maximum atomic E-state index is 13.8. The molecule has 3 aromatic rings. The fourth-order valence-corrected chi connectivity index (χ4v) is 8.78. The van der Waals surface area contributed by atoms with Crippen molar-refractivity contribution in [2.45, 2.75) is 16.1 Å². The number of amides is 3. The molecule has 3 aliphatic rings. The van der Waals surface area contributed by atoms with Gasteiger partial charge in [0, 0.05) is 30.8 Å². The van der Waals surface area contributed by atoms with E-state index in [1.807, 2.05) is 0 Å². The molecule has 3 fully saturated rings. The molecule has 44 heavy (non-hydrogen) atoms. The number of ketones is 1. The highest BCUT2D eigenvalue weighted by atomic mass is 79.9. The largest absolute Gasteiger partial charge is 0.423 e. The van der Waals surface area contributed by atoms with Crippen LogP contribution in [0.2, 0.25) is 15.1 Å². The van der Waals surface area contributed by atoms with Gasteiger partial charge in [0.25, 0.3) is 17.7 Å². The minimum atomic E-state index is -0.715. The van der Waals surface area contributed by atoms with Crippen molar-refractivity contribution in [1.29, 1.82) is 0 Å². The number of hydrogen-bond donors (Lipinski definition) is 0. The molecule has 1 saturated heterocycles. The second kappa shape index (κ2) is 12.2. The van der Waals surface area contributed by atoms with Crippen LogP contribution in [-0.4, -0.2) is 55.7 Å². The number of benzene rings is 3. The molecule has 8 nitrogen and oxygen atoms in total. The van der Waals surface area contributed by atoms with Crippen molar-refractivity contribution >= 4 is 96.1 Å². The van der Waals surface area contributed by atoms with Crippen LogP contribution in [-0.2, 0) is 9.59 Å². The summed E-state index contributed by atoms with van der Waals surface area (Å²) in [5.74, 6) is -4.09. The van der Waals surface area contributed by atoms with Gasteiger partial charge in [-0.25, -0.2) is 9.80 Å². The van der Waals surface area contributed by atoms with Gasteiger partial charge in [0.15, 0.2) is 5.78 Å². The Labute approximate surface area is 283 Å². The SMILES string of the molecule is O=C(CN(C(=O)c1ccc(Cl)cc1)N1C(=O)[C@@H]2[C@H]3C[C@@H]([C@H](Br)[C@H]3Br)[C@H]2C1=O)c1ccc(OC(=O)c2ccc(Cl)cc2Cl)cc1. The summed E-state index contributed by atoms with van der Waals surface area (Å²) in [7, 11) is 0. The van der Waals surface area contributed by atoms with Gasteiger partial charge < -0.3 is 4.74 Å². The molecule has 0 spiro atoms. The van der Waals surface area contributed by atoms with E-state index in [0.29, 0.717) is 10.0 Å². The molecule has 2 bridgehead atoms. The number of ether oxygens (including phenoxy) is 1. The molecule has 3 amide bonds. The van der Waals surface area contributed by atoms with Crippen molar-refractivity contribution in [3.63, 3.8) is 0 Å². The number of carbonyl (C=O) groups is 5. The molecule has 6 atom stereocenters. The van der Waals surface area contributed by atoms with Crippen molar-refractivity contribution < 1.29 is 28.7 Å². The molecular weight excluding hydrogens is 763 g/mol. The summed E-state index contributed by atoms with van der Waals surface area (Å²) >= 11 is 25.3. The average Bonchev–Trinajstić information content (AvgIpc) is 3.61. The third kappa shape index (κ3) is 5.49. The van der Waals surface area contributed by atoms with Gasteiger partial charge in [-0.2, -0.15) is 5.01 Å². The van der Waals surface area contributed by atoms with E-state index in [9.17, 15) is 24.0 Å². The number of Topliss-reactive ketones (excluding diaryl/α,β-unsaturated/α-hetero) is 1. The fraction of sp³-hybridized carbons (Fsp3) is 0.258. The maximum absolute atomic E-state index is 13.8. The summed E-state index contributed by atoms with van der Waals surface area (Å²) < 4.78 is 5.38. The Hall–Kier alpha value is -2.76. The summed E-state index contributed by atoms with van der Waals surface area (Å²) in [5.41, 5.74) is 0.439. The first-order valence-corrected chi connectivity index (χ1v) is 16.5. The molecule has 0 unspecified atom stereocenters. The summed E-state index contributed by atoms with van der Waals surface area (Å²) in [5, 5.41) is 2.68. The fourth-order valence-electron chi connectivity index (χ4n) is 6.30. The lowest BCUT2D eigenvalue weighted by molar-refractivity contribution is -0.154. The molecule has 3 aromatic carbocycles. The number of rotatable bonds is 7. The minimum Gasteiger partial charge on any atom is -0.423 e. The van der Waals surface area contributed by atoms with Crippen molar-refractivity contribution in [3.05, 3.63) is 98.5 Å². The van der Waals surface area contributed by atoms with Crippen LogP contribution in [0.4, 0.5) is 0 Å². The van der Waals surface area contributed by atoms with Gasteiger partial charge in [-0.3, -0.25) is 19.2 Å². The molecule has 0 N–H and O–H groups in total. The number of halogens is 5. The zero-order valence-corrected chi connectivity index (χ0v) is 27.9. The molecule has 6 rings (SSSR count). The Morgan fingerprint density at radius 2 is 1.34 bits per heavy atom.